The number of rotatable bonds is 5. The van der Waals surface area contributed by atoms with Gasteiger partial charge in [0, 0.05) is 32.4 Å². The Balaban J connectivity index is 1.79. The molecule has 24 heavy (non-hydrogen) atoms. The number of amides is 1. The Bertz CT molecular complexity index is 705. The SMILES string of the molecule is CN(CC1CCNN1)C(=O)C1(c2ccc(S(C)(=O)=O)cc2)CCC1. The van der Waals surface area contributed by atoms with E-state index in [4.69, 9.17) is 0 Å². The zero-order valence-corrected chi connectivity index (χ0v) is 15.0. The topological polar surface area (TPSA) is 78.5 Å². The van der Waals surface area contributed by atoms with Gasteiger partial charge in [-0.2, -0.15) is 0 Å². The molecule has 2 fully saturated rings. The van der Waals surface area contributed by atoms with Crippen molar-refractivity contribution in [2.45, 2.75) is 42.0 Å². The zero-order valence-electron chi connectivity index (χ0n) is 14.2. The molecule has 2 N–H and O–H groups in total. The number of hydrogen-bond acceptors (Lipinski definition) is 5. The minimum Gasteiger partial charge on any atom is -0.343 e. The van der Waals surface area contributed by atoms with Crippen molar-refractivity contribution in [3.63, 3.8) is 0 Å². The lowest BCUT2D eigenvalue weighted by atomic mass is 9.63. The second-order valence-corrected chi connectivity index (χ2v) is 8.99. The summed E-state index contributed by atoms with van der Waals surface area (Å²) in [6.45, 7) is 1.60. The minimum atomic E-state index is -3.22. The van der Waals surface area contributed by atoms with Gasteiger partial charge >= 0.3 is 0 Å². The van der Waals surface area contributed by atoms with Crippen LogP contribution >= 0.6 is 0 Å². The number of nitrogens with one attached hydrogen (secondary N) is 2. The van der Waals surface area contributed by atoms with Crippen molar-refractivity contribution in [1.82, 2.24) is 15.8 Å². The molecule has 0 aromatic heterocycles. The smallest absolute Gasteiger partial charge is 0.233 e. The molecule has 1 saturated heterocycles. The quantitative estimate of drug-likeness (QED) is 0.822. The molecule has 1 aliphatic heterocycles. The largest absolute Gasteiger partial charge is 0.343 e. The molecular weight excluding hydrogens is 326 g/mol. The van der Waals surface area contributed by atoms with Crippen LogP contribution in [0, 0.1) is 0 Å². The number of carbonyl (C=O) groups excluding carboxylic acids is 1. The normalized spacial score (nSPS) is 22.8. The van der Waals surface area contributed by atoms with E-state index in [9.17, 15) is 13.2 Å². The zero-order chi connectivity index (χ0) is 17.4. The molecular formula is C17H25N3O3S. The monoisotopic (exact) mass is 351 g/mol. The van der Waals surface area contributed by atoms with Gasteiger partial charge in [0.05, 0.1) is 10.3 Å². The maximum Gasteiger partial charge on any atom is 0.233 e. The third kappa shape index (κ3) is 3.20. The van der Waals surface area contributed by atoms with Gasteiger partial charge in [-0.1, -0.05) is 18.6 Å². The number of likely N-dealkylation sites (N-methyl/N-ethyl adjacent to an activating group) is 1. The third-order valence-electron chi connectivity index (χ3n) is 5.22. The maximum atomic E-state index is 13.1. The van der Waals surface area contributed by atoms with E-state index >= 15 is 0 Å². The van der Waals surface area contributed by atoms with Crippen LogP contribution in [0.3, 0.4) is 0 Å². The highest BCUT2D eigenvalue weighted by Crippen LogP contribution is 2.45. The summed E-state index contributed by atoms with van der Waals surface area (Å²) in [4.78, 5) is 15.2. The first-order valence-electron chi connectivity index (χ1n) is 8.37. The fourth-order valence-corrected chi connectivity index (χ4v) is 4.26. The van der Waals surface area contributed by atoms with E-state index in [1.165, 1.54) is 6.26 Å². The molecule has 0 spiro atoms. The molecule has 6 nitrogen and oxygen atoms in total. The molecule has 7 heteroatoms. The van der Waals surface area contributed by atoms with Crippen molar-refractivity contribution in [2.24, 2.45) is 0 Å². The Morgan fingerprint density at radius 3 is 2.42 bits per heavy atom. The van der Waals surface area contributed by atoms with Crippen LogP contribution < -0.4 is 10.9 Å². The van der Waals surface area contributed by atoms with E-state index in [1.54, 1.807) is 24.3 Å². The van der Waals surface area contributed by atoms with Crippen LogP contribution in [0.1, 0.15) is 31.2 Å². The van der Waals surface area contributed by atoms with E-state index in [1.807, 2.05) is 11.9 Å². The molecule has 1 aliphatic carbocycles. The van der Waals surface area contributed by atoms with Crippen molar-refractivity contribution in [1.29, 1.82) is 0 Å². The third-order valence-corrected chi connectivity index (χ3v) is 6.34. The summed E-state index contributed by atoms with van der Waals surface area (Å²) in [6.07, 6.45) is 4.88. The van der Waals surface area contributed by atoms with Crippen LogP contribution in [-0.2, 0) is 20.0 Å². The Labute approximate surface area is 143 Å². The Morgan fingerprint density at radius 2 is 1.96 bits per heavy atom. The minimum absolute atomic E-state index is 0.134. The average molecular weight is 351 g/mol. The maximum absolute atomic E-state index is 13.1. The van der Waals surface area contributed by atoms with Crippen molar-refractivity contribution in [3.05, 3.63) is 29.8 Å². The molecule has 1 aromatic carbocycles. The Kier molecular flexibility index (Phi) is 4.68. The highest BCUT2D eigenvalue weighted by Gasteiger charge is 2.47. The van der Waals surface area contributed by atoms with Crippen LogP contribution in [0.2, 0.25) is 0 Å². The van der Waals surface area contributed by atoms with Gasteiger partial charge in [0.25, 0.3) is 0 Å². The second-order valence-electron chi connectivity index (χ2n) is 6.97. The standard InChI is InChI=1S/C17H25N3O3S/c1-20(12-14-8-11-18-19-14)16(21)17(9-3-10-17)13-4-6-15(7-5-13)24(2,22)23/h4-7,14,18-19H,3,8-12H2,1-2H3. The van der Waals surface area contributed by atoms with E-state index in [0.29, 0.717) is 11.4 Å². The molecule has 2 aliphatic rings. The number of sulfone groups is 1. The summed E-state index contributed by atoms with van der Waals surface area (Å²) in [5.74, 6) is 0.134. The fraction of sp³-hybridized carbons (Fsp3) is 0.588. The van der Waals surface area contributed by atoms with Crippen LogP contribution in [-0.4, -0.2) is 51.7 Å². The summed E-state index contributed by atoms with van der Waals surface area (Å²) in [5, 5.41) is 0. The van der Waals surface area contributed by atoms with Gasteiger partial charge in [-0.3, -0.25) is 15.6 Å². The molecule has 132 valence electrons. The molecule has 0 radical (unpaired) electrons. The van der Waals surface area contributed by atoms with Gasteiger partial charge in [-0.05, 0) is 37.0 Å². The lowest BCUT2D eigenvalue weighted by Gasteiger charge is -2.43. The van der Waals surface area contributed by atoms with Crippen LogP contribution in [0.4, 0.5) is 0 Å². The van der Waals surface area contributed by atoms with Gasteiger partial charge in [0.2, 0.25) is 5.91 Å². The van der Waals surface area contributed by atoms with E-state index in [0.717, 1.165) is 37.8 Å². The van der Waals surface area contributed by atoms with E-state index < -0.39 is 15.3 Å². The summed E-state index contributed by atoms with van der Waals surface area (Å²) >= 11 is 0. The molecule has 1 atom stereocenters. The van der Waals surface area contributed by atoms with E-state index in [2.05, 4.69) is 10.9 Å². The number of hydrazine groups is 1. The number of carbonyl (C=O) groups is 1. The van der Waals surface area contributed by atoms with Crippen molar-refractivity contribution >= 4 is 15.7 Å². The van der Waals surface area contributed by atoms with Crippen molar-refractivity contribution < 1.29 is 13.2 Å². The molecule has 3 rings (SSSR count). The summed E-state index contributed by atoms with van der Waals surface area (Å²) < 4.78 is 23.2. The number of hydrogen-bond donors (Lipinski definition) is 2. The fourth-order valence-electron chi connectivity index (χ4n) is 3.63. The van der Waals surface area contributed by atoms with Gasteiger partial charge in [0.15, 0.2) is 9.84 Å². The molecule has 1 unspecified atom stereocenters. The summed E-state index contributed by atoms with van der Waals surface area (Å²) in [5.41, 5.74) is 6.71. The van der Waals surface area contributed by atoms with Gasteiger partial charge in [-0.15, -0.1) is 0 Å². The predicted octanol–water partition coefficient (Wildman–Crippen LogP) is 0.837. The molecule has 1 saturated carbocycles. The first kappa shape index (κ1) is 17.4. The predicted molar refractivity (Wildman–Crippen MR) is 92.3 cm³/mol. The molecule has 1 heterocycles. The average Bonchev–Trinajstić information content (AvgIpc) is 2.98. The first-order chi connectivity index (χ1) is 11.3. The highest BCUT2D eigenvalue weighted by molar-refractivity contribution is 7.90. The van der Waals surface area contributed by atoms with Crippen LogP contribution in [0.15, 0.2) is 29.2 Å². The lowest BCUT2D eigenvalue weighted by molar-refractivity contribution is -0.139. The first-order valence-corrected chi connectivity index (χ1v) is 10.3. The van der Waals surface area contributed by atoms with Gasteiger partial charge in [0.1, 0.15) is 0 Å². The molecule has 1 amide bonds. The Morgan fingerprint density at radius 1 is 1.29 bits per heavy atom. The van der Waals surface area contributed by atoms with E-state index in [-0.39, 0.29) is 11.9 Å². The van der Waals surface area contributed by atoms with Crippen molar-refractivity contribution in [3.8, 4) is 0 Å². The second kappa shape index (κ2) is 6.46. The van der Waals surface area contributed by atoms with Crippen molar-refractivity contribution in [2.75, 3.05) is 26.4 Å². The summed E-state index contributed by atoms with van der Waals surface area (Å²) in [6, 6.07) is 7.11. The van der Waals surface area contributed by atoms with Gasteiger partial charge in [-0.25, -0.2) is 8.42 Å². The Hall–Kier alpha value is -1.44. The van der Waals surface area contributed by atoms with Gasteiger partial charge < -0.3 is 4.90 Å². The van der Waals surface area contributed by atoms with Crippen LogP contribution in [0.25, 0.3) is 0 Å². The highest BCUT2D eigenvalue weighted by atomic mass is 32.2. The lowest BCUT2D eigenvalue weighted by Crippen LogP contribution is -2.52. The molecule has 0 bridgehead atoms. The molecule has 1 aromatic rings. The van der Waals surface area contributed by atoms with Crippen LogP contribution in [0.5, 0.6) is 0 Å². The number of nitrogens with zero attached hydrogens (tertiary/aromatic N) is 1. The summed E-state index contributed by atoms with van der Waals surface area (Å²) in [7, 11) is -1.36. The number of benzene rings is 1.